The van der Waals surface area contributed by atoms with Crippen LogP contribution in [0.3, 0.4) is 0 Å². The molecule has 0 unspecified atom stereocenters. The molecule has 1 fully saturated rings. The van der Waals surface area contributed by atoms with Gasteiger partial charge in [-0.2, -0.15) is 13.2 Å². The highest BCUT2D eigenvalue weighted by molar-refractivity contribution is 5.91. The van der Waals surface area contributed by atoms with Crippen LogP contribution < -0.4 is 22.1 Å². The minimum absolute atomic E-state index is 0.0101. The number of rotatable bonds is 12. The Morgan fingerprint density at radius 2 is 1.69 bits per heavy atom. The summed E-state index contributed by atoms with van der Waals surface area (Å²) in [5.41, 5.74) is 12.6. The van der Waals surface area contributed by atoms with Gasteiger partial charge in [0.1, 0.15) is 0 Å². The molecule has 0 spiro atoms. The second kappa shape index (κ2) is 15.9. The van der Waals surface area contributed by atoms with Gasteiger partial charge in [-0.1, -0.05) is 72.8 Å². The van der Waals surface area contributed by atoms with Gasteiger partial charge in [0.05, 0.1) is 11.6 Å². The summed E-state index contributed by atoms with van der Waals surface area (Å²) in [6.45, 7) is 1.58. The first-order valence-corrected chi connectivity index (χ1v) is 14.9. The van der Waals surface area contributed by atoms with Crippen molar-refractivity contribution in [2.24, 2.45) is 16.5 Å². The predicted molar refractivity (Wildman–Crippen MR) is 170 cm³/mol. The van der Waals surface area contributed by atoms with Crippen molar-refractivity contribution in [3.63, 3.8) is 0 Å². The van der Waals surface area contributed by atoms with E-state index in [-0.39, 0.29) is 35.9 Å². The largest absolute Gasteiger partial charge is 0.416 e. The van der Waals surface area contributed by atoms with Crippen LogP contribution in [0.5, 0.6) is 0 Å². The first-order valence-electron chi connectivity index (χ1n) is 14.9. The molecule has 238 valence electrons. The third kappa shape index (κ3) is 10.2. The lowest BCUT2D eigenvalue weighted by molar-refractivity contribution is -0.137. The quantitative estimate of drug-likeness (QED) is 0.104. The van der Waals surface area contributed by atoms with Crippen molar-refractivity contribution in [1.82, 2.24) is 15.5 Å². The Morgan fingerprint density at radius 1 is 1.02 bits per heavy atom. The zero-order chi connectivity index (χ0) is 32.2. The van der Waals surface area contributed by atoms with Crippen LogP contribution in [-0.4, -0.2) is 60.9 Å². The summed E-state index contributed by atoms with van der Waals surface area (Å²) < 4.78 is 39.1. The molecule has 1 aliphatic heterocycles. The molecule has 0 aromatic heterocycles. The maximum absolute atomic E-state index is 13.9. The monoisotopic (exact) mass is 620 g/mol. The van der Waals surface area contributed by atoms with Crippen LogP contribution in [0.1, 0.15) is 47.4 Å². The van der Waals surface area contributed by atoms with E-state index in [1.165, 1.54) is 24.3 Å². The van der Waals surface area contributed by atoms with Crippen molar-refractivity contribution in [3.8, 4) is 0 Å². The Balaban J connectivity index is 1.46. The molecule has 6 N–H and O–H groups in total. The van der Waals surface area contributed by atoms with E-state index in [9.17, 15) is 22.8 Å². The van der Waals surface area contributed by atoms with E-state index in [4.69, 9.17) is 11.5 Å². The van der Waals surface area contributed by atoms with E-state index in [1.807, 2.05) is 41.3 Å². The molecular formula is C34H39F3N6O2. The van der Waals surface area contributed by atoms with Crippen molar-refractivity contribution in [2.75, 3.05) is 26.2 Å². The fraction of sp³-hybridized carbons (Fsp3) is 0.324. The third-order valence-electron chi connectivity index (χ3n) is 7.71. The Bertz CT molecular complexity index is 1420. The van der Waals surface area contributed by atoms with Crippen LogP contribution in [0.15, 0.2) is 96.0 Å². The van der Waals surface area contributed by atoms with E-state index in [0.717, 1.165) is 23.3 Å². The van der Waals surface area contributed by atoms with Crippen molar-refractivity contribution in [1.29, 1.82) is 0 Å². The van der Waals surface area contributed by atoms with Crippen LogP contribution in [0.25, 0.3) is 6.08 Å². The lowest BCUT2D eigenvalue weighted by atomic mass is 9.90. The van der Waals surface area contributed by atoms with Gasteiger partial charge in [0.25, 0.3) is 0 Å². The summed E-state index contributed by atoms with van der Waals surface area (Å²) in [4.78, 5) is 32.4. The molecule has 45 heavy (non-hydrogen) atoms. The summed E-state index contributed by atoms with van der Waals surface area (Å²) in [5, 5.41) is 6.25. The van der Waals surface area contributed by atoms with Gasteiger partial charge < -0.3 is 27.0 Å². The average Bonchev–Trinajstić information content (AvgIpc) is 3.18. The Kier molecular flexibility index (Phi) is 11.7. The number of nitrogens with zero attached hydrogens (tertiary/aromatic N) is 2. The van der Waals surface area contributed by atoms with Crippen molar-refractivity contribution < 1.29 is 22.8 Å². The van der Waals surface area contributed by atoms with Gasteiger partial charge in [0.2, 0.25) is 11.8 Å². The van der Waals surface area contributed by atoms with Gasteiger partial charge in [-0.05, 0) is 54.2 Å². The maximum atomic E-state index is 13.9. The number of benzene rings is 3. The van der Waals surface area contributed by atoms with Crippen LogP contribution >= 0.6 is 0 Å². The van der Waals surface area contributed by atoms with Crippen LogP contribution in [0.2, 0.25) is 0 Å². The minimum Gasteiger partial charge on any atom is -0.370 e. The van der Waals surface area contributed by atoms with Crippen molar-refractivity contribution in [3.05, 3.63) is 113 Å². The molecule has 2 amide bonds. The van der Waals surface area contributed by atoms with Gasteiger partial charge in [0.15, 0.2) is 5.96 Å². The normalized spacial score (nSPS) is 17.3. The van der Waals surface area contributed by atoms with Gasteiger partial charge in [-0.25, -0.2) is 0 Å². The second-order valence-corrected chi connectivity index (χ2v) is 11.0. The Labute approximate surface area is 261 Å². The number of amides is 2. The van der Waals surface area contributed by atoms with E-state index in [2.05, 4.69) is 39.9 Å². The number of hydrogen-bond donors (Lipinski definition) is 4. The summed E-state index contributed by atoms with van der Waals surface area (Å²) in [7, 11) is 0. The number of aliphatic imine (C=N–C) groups is 1. The lowest BCUT2D eigenvalue weighted by Gasteiger charge is -2.29. The molecule has 1 heterocycles. The standard InChI is InChI=1S/C34H39F3N6O2/c35-34(36,37)27-14-7-9-24(21-27)16-17-31(44)41-22-28-18-20-43(32(45)30(42-28)15-8-19-40-33(38)39)23-29(25-10-3-1-4-11-25)26-12-5-2-6-13-26/h1-7,9-14,16-17,21,28-30,42H,8,15,18-20,22-23H2,(H,41,44)(H4,38,39,40)/b17-16+/t28-,30-/m0/s1. The predicted octanol–water partition coefficient (Wildman–Crippen LogP) is 4.28. The Hall–Kier alpha value is -4.64. The van der Waals surface area contributed by atoms with Gasteiger partial charge in [0, 0.05) is 44.2 Å². The number of nitrogens with two attached hydrogens (primary N) is 2. The molecule has 1 aliphatic rings. The van der Waals surface area contributed by atoms with E-state index in [0.29, 0.717) is 38.9 Å². The van der Waals surface area contributed by atoms with E-state index in [1.54, 1.807) is 0 Å². The highest BCUT2D eigenvalue weighted by Gasteiger charge is 2.33. The fourth-order valence-corrected chi connectivity index (χ4v) is 5.40. The molecule has 11 heteroatoms. The lowest BCUT2D eigenvalue weighted by Crippen LogP contribution is -2.49. The van der Waals surface area contributed by atoms with E-state index < -0.39 is 23.7 Å². The number of alkyl halides is 3. The maximum Gasteiger partial charge on any atom is 0.416 e. The number of carbonyl (C=O) groups is 2. The molecular weight excluding hydrogens is 581 g/mol. The Morgan fingerprint density at radius 3 is 2.31 bits per heavy atom. The number of guanidine groups is 1. The van der Waals surface area contributed by atoms with Gasteiger partial charge in [-0.15, -0.1) is 0 Å². The van der Waals surface area contributed by atoms with Crippen LogP contribution in [0.4, 0.5) is 13.2 Å². The zero-order valence-corrected chi connectivity index (χ0v) is 24.9. The fourth-order valence-electron chi connectivity index (χ4n) is 5.40. The van der Waals surface area contributed by atoms with Crippen LogP contribution in [0, 0.1) is 0 Å². The summed E-state index contributed by atoms with van der Waals surface area (Å²) in [6, 6.07) is 24.2. The van der Waals surface area contributed by atoms with Gasteiger partial charge >= 0.3 is 6.18 Å². The van der Waals surface area contributed by atoms with Gasteiger partial charge in [-0.3, -0.25) is 14.6 Å². The van der Waals surface area contributed by atoms with Crippen LogP contribution in [-0.2, 0) is 15.8 Å². The molecule has 0 saturated carbocycles. The summed E-state index contributed by atoms with van der Waals surface area (Å²) in [5.74, 6) is -0.519. The molecule has 8 nitrogen and oxygen atoms in total. The van der Waals surface area contributed by atoms with E-state index >= 15 is 0 Å². The SMILES string of the molecule is NC(N)=NCCC[C@@H]1N[C@H](CNC(=O)/C=C/c2cccc(C(F)(F)F)c2)CCN(CC(c2ccccc2)c2ccccc2)C1=O. The van der Waals surface area contributed by atoms with Crippen molar-refractivity contribution >= 4 is 23.8 Å². The number of hydrogen-bond acceptors (Lipinski definition) is 4. The van der Waals surface area contributed by atoms with Crippen molar-refractivity contribution in [2.45, 2.75) is 43.4 Å². The molecule has 3 aromatic rings. The summed E-state index contributed by atoms with van der Waals surface area (Å²) >= 11 is 0. The topological polar surface area (TPSA) is 126 Å². The summed E-state index contributed by atoms with van der Waals surface area (Å²) in [6.07, 6.45) is -0.256. The average molecular weight is 621 g/mol. The molecule has 4 rings (SSSR count). The minimum atomic E-state index is -4.47. The third-order valence-corrected chi connectivity index (χ3v) is 7.71. The number of nitrogens with one attached hydrogen (secondary N) is 2. The first-order chi connectivity index (χ1) is 21.6. The molecule has 0 bridgehead atoms. The smallest absolute Gasteiger partial charge is 0.370 e. The molecule has 0 aliphatic carbocycles. The second-order valence-electron chi connectivity index (χ2n) is 11.0. The highest BCUT2D eigenvalue weighted by Crippen LogP contribution is 2.30. The highest BCUT2D eigenvalue weighted by atomic mass is 19.4. The number of halogens is 3. The number of carbonyl (C=O) groups excluding carboxylic acids is 2. The molecule has 1 saturated heterocycles. The molecule has 3 aromatic carbocycles. The zero-order valence-electron chi connectivity index (χ0n) is 24.9. The first kappa shape index (κ1) is 33.3. The molecule has 0 radical (unpaired) electrons. The molecule has 2 atom stereocenters.